The Morgan fingerprint density at radius 2 is 0.677 bits per heavy atom. The largest absolute Gasteiger partial charge is 0.394 e. The van der Waals surface area contributed by atoms with E-state index in [1.807, 2.05) is 41.5 Å². The summed E-state index contributed by atoms with van der Waals surface area (Å²) in [5.41, 5.74) is 0. The Hall–Kier alpha value is -1.68. The number of unbranched alkanes of at least 4 members (excludes halogenated alkanes) is 2. The molecule has 0 aliphatic heterocycles. The van der Waals surface area contributed by atoms with E-state index < -0.39 is 0 Å². The van der Waals surface area contributed by atoms with E-state index in [0.29, 0.717) is 0 Å². The van der Waals surface area contributed by atoms with Gasteiger partial charge < -0.3 is 14.9 Å². The summed E-state index contributed by atoms with van der Waals surface area (Å²) >= 11 is 0. The lowest BCUT2D eigenvalue weighted by atomic mass is 10.3. The van der Waals surface area contributed by atoms with Gasteiger partial charge in [0.2, 0.25) is 0 Å². The van der Waals surface area contributed by atoms with Gasteiger partial charge in [-0.2, -0.15) is 0 Å². The van der Waals surface area contributed by atoms with Gasteiger partial charge in [0.1, 0.15) is 0 Å². The lowest BCUT2D eigenvalue weighted by Gasteiger charge is -1.99. The van der Waals surface area contributed by atoms with Crippen LogP contribution in [-0.2, 0) is 4.74 Å². The van der Waals surface area contributed by atoms with Crippen LogP contribution in [0.25, 0.3) is 0 Å². The van der Waals surface area contributed by atoms with Crippen LogP contribution in [0.2, 0.25) is 0 Å². The molecule has 0 amide bonds. The van der Waals surface area contributed by atoms with Crippen LogP contribution in [0, 0.1) is 0 Å². The third-order valence-electron chi connectivity index (χ3n) is 1.38. The fourth-order valence-corrected chi connectivity index (χ4v) is 0.595. The van der Waals surface area contributed by atoms with Crippen molar-refractivity contribution in [1.29, 1.82) is 0 Å². The van der Waals surface area contributed by atoms with Gasteiger partial charge in [0, 0.05) is 13.2 Å². The Morgan fingerprint density at radius 1 is 0.516 bits per heavy atom. The van der Waals surface area contributed by atoms with Crippen LogP contribution < -0.4 is 0 Å². The Bertz CT molecular complexity index is 204. The van der Waals surface area contributed by atoms with Crippen LogP contribution in [0.4, 0.5) is 0 Å². The maximum absolute atomic E-state index is 7.62. The maximum Gasteiger partial charge on any atom is 0.0662 e. The SMILES string of the molecule is C=CC.C=CC.C=CC.C=CC.C=CC.C=CC.CCCCOCCCC.OCCO. The summed E-state index contributed by atoms with van der Waals surface area (Å²) in [4.78, 5) is 0. The molecule has 190 valence electrons. The summed E-state index contributed by atoms with van der Waals surface area (Å²) in [5.74, 6) is 0. The Morgan fingerprint density at radius 3 is 0.774 bits per heavy atom. The van der Waals surface area contributed by atoms with Crippen molar-refractivity contribution in [1.82, 2.24) is 0 Å². The molecule has 0 aromatic heterocycles. The predicted molar refractivity (Wildman–Crippen MR) is 150 cm³/mol. The van der Waals surface area contributed by atoms with Crippen molar-refractivity contribution in [2.75, 3.05) is 26.4 Å². The number of aliphatic hydroxyl groups is 2. The summed E-state index contributed by atoms with van der Waals surface area (Å²) in [6, 6.07) is 0. The Labute approximate surface area is 198 Å². The zero-order chi connectivity index (χ0) is 26.6. The number of rotatable bonds is 7. The second kappa shape index (κ2) is 119. The van der Waals surface area contributed by atoms with E-state index in [-0.39, 0.29) is 13.2 Å². The summed E-state index contributed by atoms with van der Waals surface area (Å²) in [5, 5.41) is 15.2. The third kappa shape index (κ3) is 693. The minimum absolute atomic E-state index is 0.125. The van der Waals surface area contributed by atoms with Crippen molar-refractivity contribution in [2.24, 2.45) is 0 Å². The van der Waals surface area contributed by atoms with Crippen molar-refractivity contribution in [3.8, 4) is 0 Å². The molecule has 0 aliphatic rings. The molecule has 0 aromatic carbocycles. The number of hydrogen-bond donors (Lipinski definition) is 2. The van der Waals surface area contributed by atoms with Crippen molar-refractivity contribution in [3.63, 3.8) is 0 Å². The molecule has 0 bridgehead atoms. The van der Waals surface area contributed by atoms with Crippen molar-refractivity contribution in [3.05, 3.63) is 75.9 Å². The molecule has 0 spiro atoms. The molecule has 0 atom stereocenters. The molecule has 0 saturated carbocycles. The molecule has 3 heteroatoms. The van der Waals surface area contributed by atoms with Crippen LogP contribution in [0.15, 0.2) is 75.9 Å². The van der Waals surface area contributed by atoms with Crippen LogP contribution in [0.3, 0.4) is 0 Å². The highest BCUT2D eigenvalue weighted by Crippen LogP contribution is 1.91. The second-order valence-electron chi connectivity index (χ2n) is 5.22. The standard InChI is InChI=1S/C8H18O.6C3H6.C2H6O2/c1-3-5-7-9-8-6-4-2;6*1-3-2;3-1-2-4/h3-8H2,1-2H3;6*3H,1H2,2H3;3-4H,1-2H2. The highest BCUT2D eigenvalue weighted by Gasteiger charge is 1.84. The van der Waals surface area contributed by atoms with E-state index in [2.05, 4.69) is 53.3 Å². The lowest BCUT2D eigenvalue weighted by molar-refractivity contribution is 0.128. The molecule has 2 N–H and O–H groups in total. The average molecular weight is 445 g/mol. The van der Waals surface area contributed by atoms with Gasteiger partial charge in [0.15, 0.2) is 0 Å². The van der Waals surface area contributed by atoms with Crippen molar-refractivity contribution < 1.29 is 14.9 Å². The Balaban J connectivity index is -0.0000000346. The van der Waals surface area contributed by atoms with E-state index >= 15 is 0 Å². The van der Waals surface area contributed by atoms with Gasteiger partial charge in [-0.25, -0.2) is 0 Å². The van der Waals surface area contributed by atoms with Gasteiger partial charge in [0.05, 0.1) is 13.2 Å². The van der Waals surface area contributed by atoms with E-state index in [9.17, 15) is 0 Å². The maximum atomic E-state index is 7.62. The molecule has 0 saturated heterocycles. The van der Waals surface area contributed by atoms with E-state index in [0.717, 1.165) is 13.2 Å². The highest BCUT2D eigenvalue weighted by molar-refractivity contribution is 4.53. The predicted octanol–water partition coefficient (Wildman–Crippen LogP) is 8.73. The summed E-state index contributed by atoms with van der Waals surface area (Å²) in [6.07, 6.45) is 15.4. The van der Waals surface area contributed by atoms with Gasteiger partial charge in [-0.3, -0.25) is 0 Å². The van der Waals surface area contributed by atoms with E-state index in [1.54, 1.807) is 36.5 Å². The molecule has 0 unspecified atom stereocenters. The van der Waals surface area contributed by atoms with Crippen molar-refractivity contribution in [2.45, 2.75) is 81.1 Å². The minimum Gasteiger partial charge on any atom is -0.394 e. The quantitative estimate of drug-likeness (QED) is 0.305. The van der Waals surface area contributed by atoms with Gasteiger partial charge in [0.25, 0.3) is 0 Å². The fourth-order valence-electron chi connectivity index (χ4n) is 0.595. The molecule has 3 nitrogen and oxygen atoms in total. The van der Waals surface area contributed by atoms with Crippen LogP contribution in [0.5, 0.6) is 0 Å². The molecular weight excluding hydrogens is 384 g/mol. The van der Waals surface area contributed by atoms with Crippen molar-refractivity contribution >= 4 is 0 Å². The summed E-state index contributed by atoms with van der Waals surface area (Å²) < 4.78 is 5.31. The minimum atomic E-state index is -0.125. The molecule has 31 heavy (non-hydrogen) atoms. The van der Waals surface area contributed by atoms with Gasteiger partial charge in [-0.15, -0.1) is 39.5 Å². The molecule has 0 rings (SSSR count). The first-order valence-electron chi connectivity index (χ1n) is 11.0. The summed E-state index contributed by atoms with van der Waals surface area (Å²) in [6.45, 7) is 37.5. The third-order valence-corrected chi connectivity index (χ3v) is 1.38. The van der Waals surface area contributed by atoms with Gasteiger partial charge in [-0.05, 0) is 54.4 Å². The first kappa shape index (κ1) is 51.7. The first-order chi connectivity index (χ1) is 14.8. The van der Waals surface area contributed by atoms with Crippen LogP contribution >= 0.6 is 0 Å². The van der Waals surface area contributed by atoms with Gasteiger partial charge >= 0.3 is 0 Å². The Kier molecular flexibility index (Phi) is 199. The molecule has 0 aliphatic carbocycles. The lowest BCUT2D eigenvalue weighted by Crippen LogP contribution is -1.95. The van der Waals surface area contributed by atoms with E-state index in [1.165, 1.54) is 25.7 Å². The molecule has 0 radical (unpaired) electrons. The molecule has 0 aromatic rings. The molecular formula is C28H60O3. The zero-order valence-electron chi connectivity index (χ0n) is 22.7. The number of aliphatic hydroxyl groups excluding tert-OH is 2. The monoisotopic (exact) mass is 444 g/mol. The van der Waals surface area contributed by atoms with Crippen LogP contribution in [0.1, 0.15) is 81.1 Å². The second-order valence-corrected chi connectivity index (χ2v) is 5.22. The first-order valence-corrected chi connectivity index (χ1v) is 11.0. The zero-order valence-corrected chi connectivity index (χ0v) is 22.7. The average Bonchev–Trinajstić information content (AvgIpc) is 2.72. The number of allylic oxidation sites excluding steroid dienone is 6. The van der Waals surface area contributed by atoms with Crippen LogP contribution in [-0.4, -0.2) is 36.6 Å². The normalized spacial score (nSPS) is 6.39. The number of hydrogen-bond acceptors (Lipinski definition) is 3. The smallest absolute Gasteiger partial charge is 0.0662 e. The van der Waals surface area contributed by atoms with Gasteiger partial charge in [-0.1, -0.05) is 63.1 Å². The molecule has 0 fully saturated rings. The number of ether oxygens (including phenoxy) is 1. The highest BCUT2D eigenvalue weighted by atomic mass is 16.5. The van der Waals surface area contributed by atoms with E-state index in [4.69, 9.17) is 14.9 Å². The fraction of sp³-hybridized carbons (Fsp3) is 0.571. The summed E-state index contributed by atoms with van der Waals surface area (Å²) in [7, 11) is 0. The molecule has 0 heterocycles. The topological polar surface area (TPSA) is 49.7 Å².